The van der Waals surface area contributed by atoms with Gasteiger partial charge in [0.15, 0.2) is 18.5 Å². The highest BCUT2D eigenvalue weighted by Gasteiger charge is 2.24. The molecule has 25 heavy (non-hydrogen) atoms. The first-order valence-electron chi connectivity index (χ1n) is 7.28. The van der Waals surface area contributed by atoms with Gasteiger partial charge in [0.2, 0.25) is 10.0 Å². The molecule has 0 fully saturated rings. The summed E-state index contributed by atoms with van der Waals surface area (Å²) in [6.45, 7) is 0.146. The molecular formula is C15H13N7O2S. The lowest BCUT2D eigenvalue weighted by Crippen LogP contribution is -2.17. The zero-order valence-corrected chi connectivity index (χ0v) is 13.7. The van der Waals surface area contributed by atoms with Gasteiger partial charge in [-0.3, -0.25) is 0 Å². The summed E-state index contributed by atoms with van der Waals surface area (Å²) in [6.07, 6.45) is 0. The minimum Gasteiger partial charge on any atom is -0.369 e. The molecule has 0 atom stereocenters. The number of azo groups is 1. The van der Waals surface area contributed by atoms with Gasteiger partial charge < -0.3 is 10.7 Å². The summed E-state index contributed by atoms with van der Waals surface area (Å²) in [5.41, 5.74) is 8.69. The first kappa shape index (κ1) is 15.4. The fourth-order valence-corrected chi connectivity index (χ4v) is 3.60. The molecule has 4 rings (SSSR count). The Labute approximate surface area is 142 Å². The van der Waals surface area contributed by atoms with E-state index in [1.807, 2.05) is 18.2 Å². The van der Waals surface area contributed by atoms with Gasteiger partial charge in [-0.25, -0.2) is 23.5 Å². The third kappa shape index (κ3) is 2.57. The van der Waals surface area contributed by atoms with Crippen LogP contribution in [0.15, 0.2) is 56.5 Å². The zero-order chi connectivity index (χ0) is 17.6. The number of hydrogen-bond acceptors (Lipinski definition) is 7. The van der Waals surface area contributed by atoms with Crippen molar-refractivity contribution in [2.45, 2.75) is 4.90 Å². The Morgan fingerprint density at radius 1 is 1.08 bits per heavy atom. The van der Waals surface area contributed by atoms with E-state index in [-0.39, 0.29) is 23.3 Å². The number of aromatic nitrogens is 2. The van der Waals surface area contributed by atoms with Gasteiger partial charge in [-0.2, -0.15) is 5.11 Å². The largest absolute Gasteiger partial charge is 0.369 e. The Hall–Kier alpha value is -3.11. The fourth-order valence-electron chi connectivity index (χ4n) is 2.85. The van der Waals surface area contributed by atoms with Crippen LogP contribution in [0.2, 0.25) is 0 Å². The highest BCUT2D eigenvalue weighted by Crippen LogP contribution is 2.34. The molecule has 5 N–H and O–H groups in total. The lowest BCUT2D eigenvalue weighted by molar-refractivity contribution is 0.597. The summed E-state index contributed by atoms with van der Waals surface area (Å²) in [6, 6.07) is 10.3. The van der Waals surface area contributed by atoms with E-state index in [4.69, 9.17) is 10.9 Å². The standard InChI is InChI=1S/C15H13N7O2S/c16-15-20-10-5-1-4-9(13(10)21-15)8-3-2-6-11(25(17,23)24)12(8)14-18-7-19-22-14/h1-6H,7H2,(H3,16,20,21)(H2,17,23,24). The van der Waals surface area contributed by atoms with Gasteiger partial charge in [-0.15, -0.1) is 5.11 Å². The number of H-pyrrole nitrogens is 1. The van der Waals surface area contributed by atoms with E-state index in [1.165, 1.54) is 6.07 Å². The van der Waals surface area contributed by atoms with Crippen LogP contribution in [0.25, 0.3) is 22.2 Å². The molecule has 0 saturated carbocycles. The van der Waals surface area contributed by atoms with Crippen LogP contribution in [-0.4, -0.2) is 30.9 Å². The molecule has 0 radical (unpaired) electrons. The number of imidazole rings is 1. The van der Waals surface area contributed by atoms with Crippen LogP contribution in [0.1, 0.15) is 5.56 Å². The van der Waals surface area contributed by atoms with E-state index in [9.17, 15) is 8.42 Å². The molecule has 10 heteroatoms. The summed E-state index contributed by atoms with van der Waals surface area (Å²) in [7, 11) is -3.98. The Morgan fingerprint density at radius 2 is 1.84 bits per heavy atom. The molecule has 1 aliphatic heterocycles. The van der Waals surface area contributed by atoms with Crippen molar-refractivity contribution in [2.75, 3.05) is 12.4 Å². The molecule has 1 aliphatic rings. The number of benzene rings is 2. The van der Waals surface area contributed by atoms with Gasteiger partial charge >= 0.3 is 0 Å². The molecule has 0 spiro atoms. The molecule has 0 aliphatic carbocycles. The summed E-state index contributed by atoms with van der Waals surface area (Å²) < 4.78 is 24.1. The number of nitrogen functional groups attached to an aromatic ring is 1. The number of aliphatic imine (C=N–C) groups is 1. The lowest BCUT2D eigenvalue weighted by Gasteiger charge is -2.12. The van der Waals surface area contributed by atoms with Crippen molar-refractivity contribution in [3.63, 3.8) is 0 Å². The van der Waals surface area contributed by atoms with Crippen LogP contribution >= 0.6 is 0 Å². The second kappa shape index (κ2) is 5.46. The predicted octanol–water partition coefficient (Wildman–Crippen LogP) is 1.63. The van der Waals surface area contributed by atoms with Gasteiger partial charge in [0.05, 0.1) is 15.9 Å². The van der Waals surface area contributed by atoms with Crippen molar-refractivity contribution in [3.8, 4) is 11.1 Å². The number of nitrogens with zero attached hydrogens (tertiary/aromatic N) is 4. The number of primary sulfonamides is 1. The van der Waals surface area contributed by atoms with Crippen LogP contribution in [0.5, 0.6) is 0 Å². The maximum atomic E-state index is 12.1. The number of aromatic amines is 1. The number of hydrogen-bond donors (Lipinski definition) is 3. The van der Waals surface area contributed by atoms with Crippen LogP contribution in [0, 0.1) is 0 Å². The Morgan fingerprint density at radius 3 is 2.56 bits per heavy atom. The first-order valence-corrected chi connectivity index (χ1v) is 8.82. The molecule has 0 bridgehead atoms. The third-order valence-corrected chi connectivity index (χ3v) is 4.78. The van der Waals surface area contributed by atoms with E-state index in [0.29, 0.717) is 22.2 Å². The second-order valence-electron chi connectivity index (χ2n) is 5.41. The average Bonchev–Trinajstić information content (AvgIpc) is 3.21. The van der Waals surface area contributed by atoms with E-state index < -0.39 is 10.0 Å². The van der Waals surface area contributed by atoms with Crippen LogP contribution in [0.4, 0.5) is 5.95 Å². The van der Waals surface area contributed by atoms with E-state index in [2.05, 4.69) is 25.2 Å². The number of fused-ring (bicyclic) bond motifs is 1. The summed E-state index contributed by atoms with van der Waals surface area (Å²) >= 11 is 0. The molecule has 0 unspecified atom stereocenters. The molecule has 2 heterocycles. The van der Waals surface area contributed by atoms with Crippen molar-refractivity contribution in [1.82, 2.24) is 9.97 Å². The molecule has 9 nitrogen and oxygen atoms in total. The number of rotatable bonds is 3. The fraction of sp³-hybridized carbons (Fsp3) is 0.0667. The minimum atomic E-state index is -3.98. The van der Waals surface area contributed by atoms with Gasteiger partial charge in [-0.1, -0.05) is 24.3 Å². The maximum Gasteiger partial charge on any atom is 0.238 e. The van der Waals surface area contributed by atoms with Crippen LogP contribution < -0.4 is 10.9 Å². The Kier molecular flexibility index (Phi) is 3.37. The lowest BCUT2D eigenvalue weighted by atomic mass is 9.97. The predicted molar refractivity (Wildman–Crippen MR) is 93.6 cm³/mol. The first-order chi connectivity index (χ1) is 11.9. The van der Waals surface area contributed by atoms with E-state index in [0.717, 1.165) is 5.52 Å². The van der Waals surface area contributed by atoms with Crippen molar-refractivity contribution < 1.29 is 8.42 Å². The van der Waals surface area contributed by atoms with Crippen molar-refractivity contribution in [1.29, 1.82) is 0 Å². The smallest absolute Gasteiger partial charge is 0.238 e. The molecule has 0 saturated heterocycles. The number of nitrogens with two attached hydrogens (primary N) is 2. The molecule has 3 aromatic rings. The van der Waals surface area contributed by atoms with Crippen LogP contribution in [-0.2, 0) is 10.0 Å². The van der Waals surface area contributed by atoms with Gasteiger partial charge in [-0.05, 0) is 17.7 Å². The molecule has 0 amide bonds. The Balaban J connectivity index is 2.10. The highest BCUT2D eigenvalue weighted by molar-refractivity contribution is 7.89. The normalized spacial score (nSPS) is 14.2. The monoisotopic (exact) mass is 355 g/mol. The maximum absolute atomic E-state index is 12.1. The third-order valence-electron chi connectivity index (χ3n) is 3.83. The topological polar surface area (TPSA) is 152 Å². The van der Waals surface area contributed by atoms with Gasteiger partial charge in [0, 0.05) is 11.1 Å². The van der Waals surface area contributed by atoms with Gasteiger partial charge in [0.25, 0.3) is 0 Å². The number of sulfonamides is 1. The Bertz CT molecular complexity index is 1160. The van der Waals surface area contributed by atoms with Crippen LogP contribution in [0.3, 0.4) is 0 Å². The van der Waals surface area contributed by atoms with E-state index >= 15 is 0 Å². The second-order valence-corrected chi connectivity index (χ2v) is 6.94. The quantitative estimate of drug-likeness (QED) is 0.653. The van der Waals surface area contributed by atoms with Crippen molar-refractivity contribution >= 4 is 32.8 Å². The van der Waals surface area contributed by atoms with E-state index in [1.54, 1.807) is 12.1 Å². The number of para-hydroxylation sites is 1. The summed E-state index contributed by atoms with van der Waals surface area (Å²) in [5, 5.41) is 13.2. The number of nitrogens with one attached hydrogen (secondary N) is 1. The SMILES string of the molecule is Nc1nc2c(-c3cccc(S(N)(=O)=O)c3C3=NCN=N3)cccc2[nH]1. The molecule has 126 valence electrons. The average molecular weight is 355 g/mol. The minimum absolute atomic E-state index is 0.0647. The summed E-state index contributed by atoms with van der Waals surface area (Å²) in [5.74, 6) is 0.490. The van der Waals surface area contributed by atoms with Gasteiger partial charge in [0.1, 0.15) is 0 Å². The molecular weight excluding hydrogens is 342 g/mol. The molecule has 1 aromatic heterocycles. The number of anilines is 1. The van der Waals surface area contributed by atoms with Crippen molar-refractivity contribution in [2.24, 2.45) is 20.4 Å². The summed E-state index contributed by atoms with van der Waals surface area (Å²) in [4.78, 5) is 11.3. The highest BCUT2D eigenvalue weighted by atomic mass is 32.2. The number of amidine groups is 1. The van der Waals surface area contributed by atoms with Crippen molar-refractivity contribution in [3.05, 3.63) is 42.0 Å². The zero-order valence-electron chi connectivity index (χ0n) is 12.8. The molecule has 2 aromatic carbocycles.